The number of hydrogen-bond acceptors (Lipinski definition) is 4. The van der Waals surface area contributed by atoms with Gasteiger partial charge in [-0.25, -0.2) is 0 Å². The molecule has 3 rings (SSSR count). The number of anilines is 2. The third-order valence-corrected chi connectivity index (χ3v) is 4.04. The first-order valence-electron chi connectivity index (χ1n) is 6.00. The van der Waals surface area contributed by atoms with Crippen molar-refractivity contribution in [2.45, 2.75) is 0 Å². The lowest BCUT2D eigenvalue weighted by Gasteiger charge is -2.11. The van der Waals surface area contributed by atoms with E-state index in [2.05, 4.69) is 37.2 Å². The summed E-state index contributed by atoms with van der Waals surface area (Å²) in [7, 11) is 0. The number of amides is 1. The fraction of sp³-hybridized carbons (Fsp3) is 0.0714. The predicted molar refractivity (Wildman–Crippen MR) is 86.8 cm³/mol. The molecule has 0 saturated heterocycles. The number of benzene rings is 2. The second-order valence-electron chi connectivity index (χ2n) is 4.37. The summed E-state index contributed by atoms with van der Waals surface area (Å²) in [6.07, 6.45) is 0. The van der Waals surface area contributed by atoms with Crippen molar-refractivity contribution in [2.24, 2.45) is 0 Å². The Bertz CT molecular complexity index is 711. The summed E-state index contributed by atoms with van der Waals surface area (Å²) in [4.78, 5) is 12.3. The molecule has 0 aromatic heterocycles. The molecule has 1 aliphatic heterocycles. The summed E-state index contributed by atoms with van der Waals surface area (Å²) in [5.41, 5.74) is 7.38. The Balaban J connectivity index is 1.87. The highest BCUT2D eigenvalue weighted by Crippen LogP contribution is 2.35. The normalized spacial score (nSPS) is 12.3. The Morgan fingerprint density at radius 2 is 1.90 bits per heavy atom. The largest absolute Gasteiger partial charge is 0.454 e. The molecule has 0 fully saturated rings. The van der Waals surface area contributed by atoms with E-state index < -0.39 is 0 Å². The van der Waals surface area contributed by atoms with Gasteiger partial charge in [-0.3, -0.25) is 4.79 Å². The number of rotatable bonds is 2. The van der Waals surface area contributed by atoms with Crippen molar-refractivity contribution in [3.8, 4) is 11.5 Å². The molecule has 0 atom stereocenters. The van der Waals surface area contributed by atoms with Crippen LogP contribution in [0.2, 0.25) is 0 Å². The van der Waals surface area contributed by atoms with Gasteiger partial charge in [-0.05, 0) is 46.3 Å². The lowest BCUT2D eigenvalue weighted by Crippen LogP contribution is -2.13. The molecule has 5 nitrogen and oxygen atoms in total. The highest BCUT2D eigenvalue weighted by molar-refractivity contribution is 9.11. The van der Waals surface area contributed by atoms with E-state index in [1.165, 1.54) is 0 Å². The maximum atomic E-state index is 12.3. The smallest absolute Gasteiger partial charge is 0.255 e. The molecular weight excluding hydrogens is 404 g/mol. The first-order valence-corrected chi connectivity index (χ1v) is 7.59. The summed E-state index contributed by atoms with van der Waals surface area (Å²) in [5, 5.41) is 2.79. The van der Waals surface area contributed by atoms with Crippen LogP contribution in [0.4, 0.5) is 11.4 Å². The zero-order valence-electron chi connectivity index (χ0n) is 10.7. The molecule has 2 aromatic rings. The van der Waals surface area contributed by atoms with Gasteiger partial charge in [0.1, 0.15) is 0 Å². The lowest BCUT2D eigenvalue weighted by atomic mass is 10.2. The van der Waals surface area contributed by atoms with Crippen LogP contribution in [0, 0.1) is 0 Å². The van der Waals surface area contributed by atoms with Crippen LogP contribution in [0.5, 0.6) is 11.5 Å². The molecule has 0 unspecified atom stereocenters. The Kier molecular flexibility index (Phi) is 3.77. The Hall–Kier alpha value is -1.73. The maximum Gasteiger partial charge on any atom is 0.255 e. The topological polar surface area (TPSA) is 73.6 Å². The molecule has 7 heteroatoms. The van der Waals surface area contributed by atoms with Gasteiger partial charge in [0.15, 0.2) is 11.5 Å². The lowest BCUT2D eigenvalue weighted by molar-refractivity contribution is 0.102. The number of hydrogen-bond donors (Lipinski definition) is 2. The van der Waals surface area contributed by atoms with Gasteiger partial charge in [-0.1, -0.05) is 15.9 Å². The molecule has 2 aromatic carbocycles. The van der Waals surface area contributed by atoms with Gasteiger partial charge in [0.05, 0.1) is 11.4 Å². The molecule has 3 N–H and O–H groups in total. The van der Waals surface area contributed by atoms with E-state index >= 15 is 0 Å². The number of ether oxygens (including phenoxy) is 2. The fourth-order valence-corrected chi connectivity index (χ4v) is 3.31. The van der Waals surface area contributed by atoms with E-state index in [0.29, 0.717) is 32.9 Å². The van der Waals surface area contributed by atoms with Crippen LogP contribution in [0.25, 0.3) is 0 Å². The number of nitrogen functional groups attached to an aromatic ring is 1. The van der Waals surface area contributed by atoms with E-state index in [1.807, 2.05) is 6.07 Å². The minimum absolute atomic E-state index is 0.172. The van der Waals surface area contributed by atoms with E-state index in [-0.39, 0.29) is 12.7 Å². The molecule has 1 heterocycles. The maximum absolute atomic E-state index is 12.3. The number of carbonyl (C=O) groups is 1. The molecule has 1 aliphatic rings. The molecule has 0 aliphatic carbocycles. The highest BCUT2D eigenvalue weighted by atomic mass is 79.9. The van der Waals surface area contributed by atoms with E-state index in [4.69, 9.17) is 15.2 Å². The van der Waals surface area contributed by atoms with Gasteiger partial charge in [0.25, 0.3) is 5.91 Å². The van der Waals surface area contributed by atoms with Crippen LogP contribution >= 0.6 is 31.9 Å². The number of carbonyl (C=O) groups excluding carboxylic acids is 1. The average Bonchev–Trinajstić information content (AvgIpc) is 2.89. The summed E-state index contributed by atoms with van der Waals surface area (Å²) in [5.74, 6) is 0.921. The van der Waals surface area contributed by atoms with Crippen LogP contribution < -0.4 is 20.5 Å². The minimum Gasteiger partial charge on any atom is -0.454 e. The molecule has 0 saturated carbocycles. The Morgan fingerprint density at radius 1 is 1.14 bits per heavy atom. The van der Waals surface area contributed by atoms with E-state index in [9.17, 15) is 4.79 Å². The Morgan fingerprint density at radius 3 is 2.67 bits per heavy atom. The number of nitrogens with one attached hydrogen (secondary N) is 1. The third-order valence-electron chi connectivity index (χ3n) is 2.96. The van der Waals surface area contributed by atoms with Crippen molar-refractivity contribution < 1.29 is 14.3 Å². The van der Waals surface area contributed by atoms with Gasteiger partial charge in [0, 0.05) is 14.5 Å². The van der Waals surface area contributed by atoms with Gasteiger partial charge in [-0.2, -0.15) is 0 Å². The second kappa shape index (κ2) is 5.57. The molecule has 0 radical (unpaired) electrons. The van der Waals surface area contributed by atoms with Crippen molar-refractivity contribution in [1.29, 1.82) is 0 Å². The zero-order valence-corrected chi connectivity index (χ0v) is 13.8. The minimum atomic E-state index is -0.275. The van der Waals surface area contributed by atoms with Crippen LogP contribution in [0.3, 0.4) is 0 Å². The summed E-state index contributed by atoms with van der Waals surface area (Å²) >= 11 is 6.72. The van der Waals surface area contributed by atoms with Crippen molar-refractivity contribution in [3.63, 3.8) is 0 Å². The van der Waals surface area contributed by atoms with Crippen LogP contribution in [-0.2, 0) is 0 Å². The Labute approximate surface area is 137 Å². The van der Waals surface area contributed by atoms with Gasteiger partial charge in [-0.15, -0.1) is 0 Å². The van der Waals surface area contributed by atoms with Gasteiger partial charge in [0.2, 0.25) is 6.79 Å². The van der Waals surface area contributed by atoms with Crippen LogP contribution in [0.1, 0.15) is 10.4 Å². The third kappa shape index (κ3) is 2.84. The number of nitrogens with two attached hydrogens (primary N) is 1. The monoisotopic (exact) mass is 412 g/mol. The average molecular weight is 414 g/mol. The standard InChI is InChI=1S/C14H10Br2N2O3/c15-8-4-9(16)13(10(17)5-8)18-14(19)7-1-2-11-12(3-7)21-6-20-11/h1-5H,6,17H2,(H,18,19). The number of halogens is 2. The molecule has 21 heavy (non-hydrogen) atoms. The SMILES string of the molecule is Nc1cc(Br)cc(Br)c1NC(=O)c1ccc2c(c1)OCO2. The molecular formula is C14H10Br2N2O3. The van der Waals surface area contributed by atoms with Crippen molar-refractivity contribution in [3.05, 3.63) is 44.8 Å². The van der Waals surface area contributed by atoms with Crippen molar-refractivity contribution >= 4 is 49.1 Å². The van der Waals surface area contributed by atoms with Crippen molar-refractivity contribution in [2.75, 3.05) is 17.8 Å². The number of fused-ring (bicyclic) bond motifs is 1. The van der Waals surface area contributed by atoms with Crippen LogP contribution in [0.15, 0.2) is 39.3 Å². The zero-order chi connectivity index (χ0) is 15.0. The van der Waals surface area contributed by atoms with Gasteiger partial charge < -0.3 is 20.5 Å². The molecule has 1 amide bonds. The predicted octanol–water partition coefficient (Wildman–Crippen LogP) is 3.77. The highest BCUT2D eigenvalue weighted by Gasteiger charge is 2.17. The fourth-order valence-electron chi connectivity index (χ4n) is 1.95. The van der Waals surface area contributed by atoms with E-state index in [0.717, 1.165) is 4.47 Å². The molecule has 0 spiro atoms. The van der Waals surface area contributed by atoms with Crippen molar-refractivity contribution in [1.82, 2.24) is 0 Å². The quantitative estimate of drug-likeness (QED) is 0.735. The van der Waals surface area contributed by atoms with E-state index in [1.54, 1.807) is 24.3 Å². The first kappa shape index (κ1) is 14.2. The summed E-state index contributed by atoms with van der Waals surface area (Å²) < 4.78 is 12.0. The molecule has 0 bridgehead atoms. The van der Waals surface area contributed by atoms with Crippen LogP contribution in [-0.4, -0.2) is 12.7 Å². The summed E-state index contributed by atoms with van der Waals surface area (Å²) in [6, 6.07) is 8.55. The second-order valence-corrected chi connectivity index (χ2v) is 6.14. The molecule has 108 valence electrons. The van der Waals surface area contributed by atoms with Gasteiger partial charge >= 0.3 is 0 Å². The first-order chi connectivity index (χ1) is 10.0. The summed E-state index contributed by atoms with van der Waals surface area (Å²) in [6.45, 7) is 0.172.